The van der Waals surface area contributed by atoms with Crippen molar-refractivity contribution in [3.63, 3.8) is 0 Å². The maximum atomic E-state index is 11.0. The molecule has 1 N–H and O–H groups in total. The fourth-order valence-electron chi connectivity index (χ4n) is 1.90. The first-order chi connectivity index (χ1) is 8.86. The third kappa shape index (κ3) is 3.67. The van der Waals surface area contributed by atoms with Crippen LogP contribution in [0.4, 0.5) is 11.4 Å². The lowest BCUT2D eigenvalue weighted by molar-refractivity contribution is -0.384. The van der Waals surface area contributed by atoms with Gasteiger partial charge in [0.25, 0.3) is 5.69 Å². The molecule has 6 heteroatoms. The van der Waals surface area contributed by atoms with Crippen molar-refractivity contribution in [2.75, 3.05) is 18.0 Å². The molecule has 0 aromatic heterocycles. The summed E-state index contributed by atoms with van der Waals surface area (Å²) in [4.78, 5) is 23.4. The van der Waals surface area contributed by atoms with Gasteiger partial charge in [0.05, 0.1) is 10.5 Å². The summed E-state index contributed by atoms with van der Waals surface area (Å²) in [6.07, 6.45) is 0. The van der Waals surface area contributed by atoms with Crippen LogP contribution in [0, 0.1) is 16.0 Å². The van der Waals surface area contributed by atoms with Gasteiger partial charge in [0.15, 0.2) is 0 Å². The van der Waals surface area contributed by atoms with Crippen LogP contribution < -0.4 is 4.90 Å². The van der Waals surface area contributed by atoms with Crippen molar-refractivity contribution in [2.45, 2.75) is 20.8 Å². The quantitative estimate of drug-likeness (QED) is 0.632. The van der Waals surface area contributed by atoms with Crippen LogP contribution in [0.3, 0.4) is 0 Å². The van der Waals surface area contributed by atoms with Crippen molar-refractivity contribution in [3.05, 3.63) is 33.9 Å². The number of anilines is 1. The highest BCUT2D eigenvalue weighted by atomic mass is 16.6. The number of carbonyl (C=O) groups is 1. The number of carboxylic acids is 1. The van der Waals surface area contributed by atoms with Crippen molar-refractivity contribution in [1.29, 1.82) is 0 Å². The highest BCUT2D eigenvalue weighted by Crippen LogP contribution is 2.29. The van der Waals surface area contributed by atoms with Crippen LogP contribution in [0.15, 0.2) is 18.2 Å². The molecule has 0 atom stereocenters. The topological polar surface area (TPSA) is 83.7 Å². The molecule has 0 spiro atoms. The van der Waals surface area contributed by atoms with E-state index >= 15 is 0 Å². The third-order valence-corrected chi connectivity index (χ3v) is 2.73. The first kappa shape index (κ1) is 14.9. The minimum Gasteiger partial charge on any atom is -0.478 e. The number of rotatable bonds is 6. The molecule has 0 saturated carbocycles. The van der Waals surface area contributed by atoms with Gasteiger partial charge in [-0.05, 0) is 25.0 Å². The molecule has 0 aliphatic heterocycles. The Morgan fingerprint density at radius 1 is 1.47 bits per heavy atom. The zero-order valence-electron chi connectivity index (χ0n) is 11.3. The standard InChI is InChI=1S/C13H18N2O4/c1-4-14(8-9(2)3)12-7-10(13(16)17)5-6-11(12)15(18)19/h5-7,9H,4,8H2,1-3H3,(H,16,17). The molecule has 19 heavy (non-hydrogen) atoms. The van der Waals surface area contributed by atoms with Crippen LogP contribution in [0.1, 0.15) is 31.1 Å². The zero-order valence-corrected chi connectivity index (χ0v) is 11.3. The van der Waals surface area contributed by atoms with Gasteiger partial charge in [-0.25, -0.2) is 4.79 Å². The summed E-state index contributed by atoms with van der Waals surface area (Å²) in [5.74, 6) is -0.759. The predicted octanol–water partition coefficient (Wildman–Crippen LogP) is 2.78. The van der Waals surface area contributed by atoms with Crippen LogP contribution in [0.5, 0.6) is 0 Å². The predicted molar refractivity (Wildman–Crippen MR) is 72.8 cm³/mol. The number of hydrogen-bond acceptors (Lipinski definition) is 4. The molecule has 0 aliphatic rings. The largest absolute Gasteiger partial charge is 0.478 e. The molecule has 0 bridgehead atoms. The van der Waals surface area contributed by atoms with E-state index in [-0.39, 0.29) is 11.3 Å². The molecule has 1 aromatic rings. The van der Waals surface area contributed by atoms with Crippen molar-refractivity contribution < 1.29 is 14.8 Å². The first-order valence-corrected chi connectivity index (χ1v) is 6.13. The Morgan fingerprint density at radius 2 is 2.11 bits per heavy atom. The molecule has 1 rings (SSSR count). The third-order valence-electron chi connectivity index (χ3n) is 2.73. The maximum absolute atomic E-state index is 11.0. The Labute approximate surface area is 111 Å². The molecular weight excluding hydrogens is 248 g/mol. The summed E-state index contributed by atoms with van der Waals surface area (Å²) in [5, 5.41) is 20.0. The van der Waals surface area contributed by atoms with Crippen molar-refractivity contribution in [2.24, 2.45) is 5.92 Å². The summed E-state index contributed by atoms with van der Waals surface area (Å²) >= 11 is 0. The number of hydrogen-bond donors (Lipinski definition) is 1. The molecule has 0 unspecified atom stereocenters. The van der Waals surface area contributed by atoms with E-state index in [1.165, 1.54) is 18.2 Å². The molecule has 0 saturated heterocycles. The number of carboxylic acid groups (broad SMARTS) is 1. The van der Waals surface area contributed by atoms with E-state index < -0.39 is 10.9 Å². The van der Waals surface area contributed by atoms with E-state index in [0.717, 1.165) is 0 Å². The summed E-state index contributed by atoms with van der Waals surface area (Å²) < 4.78 is 0. The molecule has 0 aliphatic carbocycles. The van der Waals surface area contributed by atoms with Gasteiger partial charge >= 0.3 is 5.97 Å². The Morgan fingerprint density at radius 3 is 2.53 bits per heavy atom. The van der Waals surface area contributed by atoms with Crippen LogP contribution >= 0.6 is 0 Å². The zero-order chi connectivity index (χ0) is 14.6. The first-order valence-electron chi connectivity index (χ1n) is 6.13. The highest BCUT2D eigenvalue weighted by Gasteiger charge is 2.21. The minimum atomic E-state index is -1.09. The van der Waals surface area contributed by atoms with Crippen LogP contribution in [-0.4, -0.2) is 29.1 Å². The van der Waals surface area contributed by atoms with E-state index in [2.05, 4.69) is 0 Å². The number of aromatic carboxylic acids is 1. The van der Waals surface area contributed by atoms with Gasteiger partial charge in [0, 0.05) is 19.2 Å². The van der Waals surface area contributed by atoms with Crippen LogP contribution in [0.25, 0.3) is 0 Å². The van der Waals surface area contributed by atoms with Gasteiger partial charge < -0.3 is 10.0 Å². The van der Waals surface area contributed by atoms with E-state index in [0.29, 0.717) is 24.7 Å². The number of nitro benzene ring substituents is 1. The molecule has 104 valence electrons. The molecule has 0 amide bonds. The molecule has 0 radical (unpaired) electrons. The van der Waals surface area contributed by atoms with E-state index in [9.17, 15) is 14.9 Å². The average molecular weight is 266 g/mol. The summed E-state index contributed by atoms with van der Waals surface area (Å²) in [6.45, 7) is 7.13. The second-order valence-corrected chi connectivity index (χ2v) is 4.70. The fourth-order valence-corrected chi connectivity index (χ4v) is 1.90. The lowest BCUT2D eigenvalue weighted by Gasteiger charge is -2.25. The Kier molecular flexibility index (Phi) is 4.86. The lowest BCUT2D eigenvalue weighted by Crippen LogP contribution is -2.28. The van der Waals surface area contributed by atoms with E-state index in [4.69, 9.17) is 5.11 Å². The number of nitrogens with zero attached hydrogens (tertiary/aromatic N) is 2. The van der Waals surface area contributed by atoms with Gasteiger partial charge in [-0.15, -0.1) is 0 Å². The van der Waals surface area contributed by atoms with Gasteiger partial charge in [-0.3, -0.25) is 10.1 Å². The summed E-state index contributed by atoms with van der Waals surface area (Å²) in [5.41, 5.74) is 0.358. The molecular formula is C13H18N2O4. The van der Waals surface area contributed by atoms with Crippen LogP contribution in [0.2, 0.25) is 0 Å². The van der Waals surface area contributed by atoms with E-state index in [1.807, 2.05) is 25.7 Å². The lowest BCUT2D eigenvalue weighted by atomic mass is 10.1. The van der Waals surface area contributed by atoms with Gasteiger partial charge in [0.2, 0.25) is 0 Å². The molecule has 0 fully saturated rings. The molecule has 6 nitrogen and oxygen atoms in total. The van der Waals surface area contributed by atoms with Crippen molar-refractivity contribution in [1.82, 2.24) is 0 Å². The minimum absolute atomic E-state index is 0.0582. The summed E-state index contributed by atoms with van der Waals surface area (Å²) in [7, 11) is 0. The van der Waals surface area contributed by atoms with E-state index in [1.54, 1.807) is 0 Å². The maximum Gasteiger partial charge on any atom is 0.335 e. The van der Waals surface area contributed by atoms with Crippen molar-refractivity contribution in [3.8, 4) is 0 Å². The number of benzene rings is 1. The second-order valence-electron chi connectivity index (χ2n) is 4.70. The Balaban J connectivity index is 3.29. The van der Waals surface area contributed by atoms with Gasteiger partial charge in [-0.1, -0.05) is 13.8 Å². The fraction of sp³-hybridized carbons (Fsp3) is 0.462. The average Bonchev–Trinajstić information content (AvgIpc) is 2.34. The normalized spacial score (nSPS) is 10.5. The smallest absolute Gasteiger partial charge is 0.335 e. The van der Waals surface area contributed by atoms with Gasteiger partial charge in [-0.2, -0.15) is 0 Å². The monoisotopic (exact) mass is 266 g/mol. The van der Waals surface area contributed by atoms with Crippen molar-refractivity contribution >= 4 is 17.3 Å². The summed E-state index contributed by atoms with van der Waals surface area (Å²) in [6, 6.07) is 3.88. The Bertz CT molecular complexity index is 486. The second kappa shape index (κ2) is 6.17. The van der Waals surface area contributed by atoms with Crippen LogP contribution in [-0.2, 0) is 0 Å². The Hall–Kier alpha value is -2.11. The number of nitro groups is 1. The van der Waals surface area contributed by atoms with Gasteiger partial charge in [0.1, 0.15) is 5.69 Å². The highest BCUT2D eigenvalue weighted by molar-refractivity contribution is 5.90. The molecule has 1 aromatic carbocycles. The molecule has 0 heterocycles. The SMILES string of the molecule is CCN(CC(C)C)c1cc(C(=O)O)ccc1[N+](=O)[O-].